The van der Waals surface area contributed by atoms with E-state index in [-0.39, 0.29) is 13.0 Å². The zero-order chi connectivity index (χ0) is 43.3. The van der Waals surface area contributed by atoms with E-state index in [1.54, 1.807) is 0 Å². The Morgan fingerprint density at radius 3 is 1.47 bits per heavy atom. The fraction of sp³-hybridized carbons (Fsp3) is 0.667. The summed E-state index contributed by atoms with van der Waals surface area (Å²) in [6.45, 7) is 3.65. The van der Waals surface area contributed by atoms with Crippen LogP contribution in [0.15, 0.2) is 85.1 Å². The van der Waals surface area contributed by atoms with Gasteiger partial charge in [-0.1, -0.05) is 163 Å². The third-order valence-electron chi connectivity index (χ3n) is 9.14. The molecule has 0 aromatic heterocycles. The number of aliphatic carboxylic acids is 1. The van der Waals surface area contributed by atoms with Crippen molar-refractivity contribution in [2.75, 3.05) is 26.4 Å². The molecular formula is C48H82NO9P. The fourth-order valence-electron chi connectivity index (χ4n) is 5.67. The van der Waals surface area contributed by atoms with Gasteiger partial charge in [0.15, 0.2) is 0 Å². The summed E-state index contributed by atoms with van der Waals surface area (Å²) in [4.78, 5) is 33.6. The van der Waals surface area contributed by atoms with E-state index in [2.05, 4.69) is 98.9 Å². The van der Waals surface area contributed by atoms with Crippen LogP contribution in [0.1, 0.15) is 168 Å². The van der Waals surface area contributed by atoms with Gasteiger partial charge in [0.2, 0.25) is 0 Å². The largest absolute Gasteiger partial charge is 0.480 e. The topological polar surface area (TPSA) is 155 Å². The highest BCUT2D eigenvalue weighted by Gasteiger charge is 2.27. The van der Waals surface area contributed by atoms with Crippen LogP contribution in [0.2, 0.25) is 0 Å². The number of esters is 1. The molecule has 0 saturated heterocycles. The number of phosphoric ester groups is 1. The lowest BCUT2D eigenvalue weighted by atomic mass is 10.1. The molecule has 0 amide bonds. The van der Waals surface area contributed by atoms with E-state index in [1.165, 1.54) is 44.9 Å². The molecule has 0 fully saturated rings. The predicted molar refractivity (Wildman–Crippen MR) is 244 cm³/mol. The molecule has 0 heterocycles. The highest BCUT2D eigenvalue weighted by molar-refractivity contribution is 7.47. The van der Waals surface area contributed by atoms with Crippen LogP contribution in [0.4, 0.5) is 0 Å². The summed E-state index contributed by atoms with van der Waals surface area (Å²) >= 11 is 0. The van der Waals surface area contributed by atoms with Crippen molar-refractivity contribution in [3.63, 3.8) is 0 Å². The molecule has 0 aliphatic heterocycles. The summed E-state index contributed by atoms with van der Waals surface area (Å²) in [5.74, 6) is -1.80. The van der Waals surface area contributed by atoms with Crippen molar-refractivity contribution in [1.82, 2.24) is 0 Å². The average Bonchev–Trinajstić information content (AvgIpc) is 3.21. The minimum Gasteiger partial charge on any atom is -0.480 e. The molecule has 0 rings (SSSR count). The van der Waals surface area contributed by atoms with E-state index in [0.717, 1.165) is 96.3 Å². The number of carboxylic acid groups (broad SMARTS) is 1. The third-order valence-corrected chi connectivity index (χ3v) is 10.1. The molecule has 11 heteroatoms. The van der Waals surface area contributed by atoms with Crippen LogP contribution >= 0.6 is 7.82 Å². The monoisotopic (exact) mass is 848 g/mol. The number of hydrogen-bond acceptors (Lipinski definition) is 8. The van der Waals surface area contributed by atoms with Crippen LogP contribution in [0.3, 0.4) is 0 Å². The van der Waals surface area contributed by atoms with E-state index in [9.17, 15) is 19.0 Å². The molecule has 0 spiro atoms. The summed E-state index contributed by atoms with van der Waals surface area (Å²) in [7, 11) is -4.63. The number of nitrogens with two attached hydrogens (primary N) is 1. The van der Waals surface area contributed by atoms with Crippen LogP contribution in [0.25, 0.3) is 0 Å². The molecular weight excluding hydrogens is 766 g/mol. The summed E-state index contributed by atoms with van der Waals surface area (Å²) in [6.07, 6.45) is 54.9. The molecule has 0 bridgehead atoms. The Bertz CT molecular complexity index is 1260. The van der Waals surface area contributed by atoms with Gasteiger partial charge in [-0.15, -0.1) is 0 Å². The molecule has 10 nitrogen and oxygen atoms in total. The standard InChI is InChI=1S/C48H82NO9P/c1-3-5-7-9-11-13-15-17-19-20-21-22-23-24-25-26-27-28-30-32-34-36-38-40-47(50)58-45(43-56-59(53,54)57-44-46(49)48(51)52)42-55-41-39-37-35-33-31-29-18-16-14-12-10-8-6-4-2/h5,7-8,10-11,13-14,16-17,19,21-22,24-25,45-46H,3-4,6,9,12,15,18,20,23,26-44,49H2,1-2H3,(H,51,52)(H,53,54)/b7-5-,10-8-,13-11-,16-14-,19-17-,22-21-,25-24-. The Labute approximate surface area is 358 Å². The highest BCUT2D eigenvalue weighted by atomic mass is 31.2. The van der Waals surface area contributed by atoms with Crippen molar-refractivity contribution in [3.05, 3.63) is 85.1 Å². The van der Waals surface area contributed by atoms with Crippen LogP contribution < -0.4 is 5.73 Å². The number of carbonyl (C=O) groups excluding carboxylic acids is 1. The number of allylic oxidation sites excluding steroid dienone is 14. The van der Waals surface area contributed by atoms with Gasteiger partial charge < -0.3 is 25.2 Å². The second-order valence-electron chi connectivity index (χ2n) is 14.8. The van der Waals surface area contributed by atoms with Gasteiger partial charge in [0, 0.05) is 13.0 Å². The molecule has 0 saturated carbocycles. The van der Waals surface area contributed by atoms with Crippen molar-refractivity contribution in [3.8, 4) is 0 Å². The van der Waals surface area contributed by atoms with Gasteiger partial charge in [-0.25, -0.2) is 4.57 Å². The van der Waals surface area contributed by atoms with Gasteiger partial charge in [-0.3, -0.25) is 18.6 Å². The van der Waals surface area contributed by atoms with Gasteiger partial charge >= 0.3 is 19.8 Å². The van der Waals surface area contributed by atoms with E-state index in [0.29, 0.717) is 13.0 Å². The summed E-state index contributed by atoms with van der Waals surface area (Å²) in [5.41, 5.74) is 5.36. The van der Waals surface area contributed by atoms with Crippen LogP contribution in [-0.4, -0.2) is 60.5 Å². The van der Waals surface area contributed by atoms with E-state index in [1.807, 2.05) is 0 Å². The van der Waals surface area contributed by atoms with Gasteiger partial charge in [-0.2, -0.15) is 0 Å². The Morgan fingerprint density at radius 2 is 0.983 bits per heavy atom. The first-order valence-corrected chi connectivity index (χ1v) is 24.1. The zero-order valence-electron chi connectivity index (χ0n) is 36.8. The predicted octanol–water partition coefficient (Wildman–Crippen LogP) is 12.8. The van der Waals surface area contributed by atoms with Gasteiger partial charge in [0.25, 0.3) is 0 Å². The number of carbonyl (C=O) groups is 2. The number of hydrogen-bond donors (Lipinski definition) is 3. The molecule has 3 unspecified atom stereocenters. The minimum atomic E-state index is -4.63. The maximum absolute atomic E-state index is 12.7. The lowest BCUT2D eigenvalue weighted by Gasteiger charge is -2.20. The quantitative estimate of drug-likeness (QED) is 0.0234. The molecule has 338 valence electrons. The molecule has 0 aromatic carbocycles. The smallest absolute Gasteiger partial charge is 0.472 e. The normalized spacial score (nSPS) is 14.6. The summed E-state index contributed by atoms with van der Waals surface area (Å²) < 4.78 is 33.4. The summed E-state index contributed by atoms with van der Waals surface area (Å²) in [5, 5.41) is 8.90. The second-order valence-corrected chi connectivity index (χ2v) is 16.2. The molecule has 0 aliphatic carbocycles. The van der Waals surface area contributed by atoms with Crippen molar-refractivity contribution in [2.45, 2.75) is 180 Å². The van der Waals surface area contributed by atoms with Crippen molar-refractivity contribution < 1.29 is 42.7 Å². The number of phosphoric acid groups is 1. The molecule has 0 aliphatic rings. The first kappa shape index (κ1) is 56.1. The molecule has 0 aromatic rings. The number of rotatable bonds is 42. The molecule has 3 atom stereocenters. The SMILES string of the molecule is CC/C=C\C/C=C\C/C=C\C/C=C\C/C=C\CCCCCCCCCC(=O)OC(COCCCCCCCC/C=C\C/C=C\CCC)COP(=O)(O)OCC(N)C(=O)O. The number of unbranched alkanes of at least 4 members (excludes halogenated alkanes) is 14. The summed E-state index contributed by atoms with van der Waals surface area (Å²) in [6, 6.07) is -1.48. The van der Waals surface area contributed by atoms with Crippen LogP contribution in [-0.2, 0) is 32.7 Å². The lowest BCUT2D eigenvalue weighted by molar-refractivity contribution is -0.154. The van der Waals surface area contributed by atoms with Crippen molar-refractivity contribution in [2.24, 2.45) is 5.73 Å². The minimum absolute atomic E-state index is 0.0000300. The Kier molecular flexibility index (Phi) is 41.2. The van der Waals surface area contributed by atoms with Crippen molar-refractivity contribution >= 4 is 19.8 Å². The Hall–Kier alpha value is -2.85. The van der Waals surface area contributed by atoms with Crippen molar-refractivity contribution in [1.29, 1.82) is 0 Å². The number of ether oxygens (including phenoxy) is 2. The molecule has 59 heavy (non-hydrogen) atoms. The zero-order valence-corrected chi connectivity index (χ0v) is 37.7. The van der Waals surface area contributed by atoms with Gasteiger partial charge in [0.05, 0.1) is 19.8 Å². The maximum atomic E-state index is 12.7. The van der Waals surface area contributed by atoms with E-state index in [4.69, 9.17) is 29.4 Å². The van der Waals surface area contributed by atoms with Gasteiger partial charge in [0.1, 0.15) is 12.1 Å². The van der Waals surface area contributed by atoms with E-state index >= 15 is 0 Å². The Balaban J connectivity index is 4.25. The van der Waals surface area contributed by atoms with Gasteiger partial charge in [-0.05, 0) is 83.5 Å². The lowest BCUT2D eigenvalue weighted by Crippen LogP contribution is -2.34. The molecule has 4 N–H and O–H groups in total. The van der Waals surface area contributed by atoms with E-state index < -0.39 is 45.1 Å². The van der Waals surface area contributed by atoms with Crippen LogP contribution in [0, 0.1) is 0 Å². The van der Waals surface area contributed by atoms with Crippen LogP contribution in [0.5, 0.6) is 0 Å². The number of carboxylic acids is 1. The molecule has 0 radical (unpaired) electrons. The fourth-order valence-corrected chi connectivity index (χ4v) is 6.45. The average molecular weight is 848 g/mol. The maximum Gasteiger partial charge on any atom is 0.472 e. The first-order chi connectivity index (χ1) is 28.7. The Morgan fingerprint density at radius 1 is 0.559 bits per heavy atom. The highest BCUT2D eigenvalue weighted by Crippen LogP contribution is 2.43. The second kappa shape index (κ2) is 43.2. The third kappa shape index (κ3) is 43.1. The first-order valence-electron chi connectivity index (χ1n) is 22.6.